The van der Waals surface area contributed by atoms with Crippen molar-refractivity contribution in [2.75, 3.05) is 4.90 Å². The van der Waals surface area contributed by atoms with E-state index in [9.17, 15) is 9.59 Å². The van der Waals surface area contributed by atoms with E-state index in [1.54, 1.807) is 34.6 Å². The number of hydrogen-bond acceptors (Lipinski definition) is 5. The van der Waals surface area contributed by atoms with Gasteiger partial charge in [0.05, 0.1) is 4.47 Å². The number of carbonyl (C=O) groups is 2. The number of hydrogen-bond donors (Lipinski definition) is 1. The summed E-state index contributed by atoms with van der Waals surface area (Å²) in [4.78, 5) is 32.5. The lowest BCUT2D eigenvalue weighted by Gasteiger charge is -2.28. The molecule has 116 valence electrons. The van der Waals surface area contributed by atoms with E-state index in [-0.39, 0.29) is 22.2 Å². The molecule has 1 heterocycles. The monoisotopic (exact) mass is 359 g/mol. The lowest BCUT2D eigenvalue weighted by molar-refractivity contribution is 0.0565. The van der Waals surface area contributed by atoms with Gasteiger partial charge in [-0.05, 0) is 50.5 Å². The van der Waals surface area contributed by atoms with Gasteiger partial charge in [-0.1, -0.05) is 0 Å². The SMILES string of the molecule is CC(C)N(C(=O)OC(C)(C)C)c1ncc(Br)c(C(=O)O)n1. The third-order valence-electron chi connectivity index (χ3n) is 2.26. The van der Waals surface area contributed by atoms with Crippen LogP contribution in [0.2, 0.25) is 0 Å². The van der Waals surface area contributed by atoms with Crippen molar-refractivity contribution >= 4 is 33.9 Å². The highest BCUT2D eigenvalue weighted by Crippen LogP contribution is 2.21. The highest BCUT2D eigenvalue weighted by Gasteiger charge is 2.28. The Kier molecular flexibility index (Phi) is 5.27. The van der Waals surface area contributed by atoms with Crippen LogP contribution in [0.1, 0.15) is 45.1 Å². The number of aromatic nitrogens is 2. The number of amides is 1. The molecule has 21 heavy (non-hydrogen) atoms. The van der Waals surface area contributed by atoms with Gasteiger partial charge < -0.3 is 9.84 Å². The summed E-state index contributed by atoms with van der Waals surface area (Å²) in [5.74, 6) is -1.22. The van der Waals surface area contributed by atoms with E-state index in [0.29, 0.717) is 0 Å². The number of anilines is 1. The topological polar surface area (TPSA) is 92.6 Å². The van der Waals surface area contributed by atoms with E-state index < -0.39 is 17.7 Å². The Balaban J connectivity index is 3.21. The van der Waals surface area contributed by atoms with Gasteiger partial charge >= 0.3 is 12.1 Å². The van der Waals surface area contributed by atoms with E-state index in [1.807, 2.05) is 0 Å². The second kappa shape index (κ2) is 6.38. The number of rotatable bonds is 3. The molecule has 0 saturated heterocycles. The zero-order valence-electron chi connectivity index (χ0n) is 12.5. The number of carboxylic acid groups (broad SMARTS) is 1. The van der Waals surface area contributed by atoms with E-state index in [2.05, 4.69) is 25.9 Å². The van der Waals surface area contributed by atoms with Gasteiger partial charge in [-0.3, -0.25) is 0 Å². The van der Waals surface area contributed by atoms with Crippen molar-refractivity contribution in [1.82, 2.24) is 9.97 Å². The first-order valence-electron chi connectivity index (χ1n) is 6.31. The normalized spacial score (nSPS) is 11.4. The highest BCUT2D eigenvalue weighted by atomic mass is 79.9. The Morgan fingerprint density at radius 3 is 2.38 bits per heavy atom. The molecule has 0 saturated carbocycles. The van der Waals surface area contributed by atoms with Crippen molar-refractivity contribution < 1.29 is 19.4 Å². The quantitative estimate of drug-likeness (QED) is 0.891. The first-order chi connectivity index (χ1) is 9.53. The van der Waals surface area contributed by atoms with Gasteiger partial charge in [0.1, 0.15) is 5.60 Å². The smallest absolute Gasteiger partial charge is 0.417 e. The van der Waals surface area contributed by atoms with Gasteiger partial charge in [-0.15, -0.1) is 0 Å². The average molecular weight is 360 g/mol. The van der Waals surface area contributed by atoms with Gasteiger partial charge in [-0.2, -0.15) is 0 Å². The van der Waals surface area contributed by atoms with Crippen LogP contribution >= 0.6 is 15.9 Å². The van der Waals surface area contributed by atoms with Crippen molar-refractivity contribution in [3.05, 3.63) is 16.4 Å². The molecule has 0 aliphatic rings. The number of ether oxygens (including phenoxy) is 1. The van der Waals surface area contributed by atoms with Gasteiger partial charge in [0.2, 0.25) is 5.95 Å². The van der Waals surface area contributed by atoms with Gasteiger partial charge in [0.15, 0.2) is 5.69 Å². The predicted molar refractivity (Wildman–Crippen MR) is 80.5 cm³/mol. The number of nitrogens with zero attached hydrogens (tertiary/aromatic N) is 3. The van der Waals surface area contributed by atoms with Crippen molar-refractivity contribution in [2.24, 2.45) is 0 Å². The Bertz CT molecular complexity index is 555. The van der Waals surface area contributed by atoms with Crippen molar-refractivity contribution in [2.45, 2.75) is 46.3 Å². The van der Waals surface area contributed by atoms with Crippen molar-refractivity contribution in [3.8, 4) is 0 Å². The van der Waals surface area contributed by atoms with Crippen molar-refractivity contribution in [1.29, 1.82) is 0 Å². The molecule has 1 amide bonds. The molecular weight excluding hydrogens is 342 g/mol. The number of carbonyl (C=O) groups excluding carboxylic acids is 1. The summed E-state index contributed by atoms with van der Waals surface area (Å²) >= 11 is 3.06. The Hall–Kier alpha value is -1.70. The molecule has 0 spiro atoms. The van der Waals surface area contributed by atoms with Crippen LogP contribution in [-0.2, 0) is 4.74 Å². The minimum absolute atomic E-state index is 0.0140. The van der Waals surface area contributed by atoms with Crippen LogP contribution in [0.3, 0.4) is 0 Å². The van der Waals surface area contributed by atoms with Gasteiger partial charge in [-0.25, -0.2) is 24.5 Å². The summed E-state index contributed by atoms with van der Waals surface area (Å²) in [5, 5.41) is 9.08. The molecule has 1 aromatic heterocycles. The molecule has 1 N–H and O–H groups in total. The lowest BCUT2D eigenvalue weighted by atomic mass is 10.2. The summed E-state index contributed by atoms with van der Waals surface area (Å²) in [6.45, 7) is 8.75. The van der Waals surface area contributed by atoms with Crippen LogP contribution in [-0.4, -0.2) is 38.8 Å². The van der Waals surface area contributed by atoms with Crippen LogP contribution in [0, 0.1) is 0 Å². The first kappa shape index (κ1) is 17.4. The molecule has 0 aliphatic heterocycles. The Morgan fingerprint density at radius 2 is 1.95 bits per heavy atom. The Morgan fingerprint density at radius 1 is 1.38 bits per heavy atom. The third-order valence-corrected chi connectivity index (χ3v) is 2.84. The molecular formula is C13H18BrN3O4. The molecule has 1 aromatic rings. The summed E-state index contributed by atoms with van der Waals surface area (Å²) in [7, 11) is 0. The molecule has 1 rings (SSSR count). The van der Waals surface area contributed by atoms with Gasteiger partial charge in [0, 0.05) is 12.2 Å². The fourth-order valence-corrected chi connectivity index (χ4v) is 1.82. The van der Waals surface area contributed by atoms with E-state index >= 15 is 0 Å². The second-order valence-corrected chi connectivity index (χ2v) is 6.47. The molecule has 0 aliphatic carbocycles. The van der Waals surface area contributed by atoms with Gasteiger partial charge in [0.25, 0.3) is 0 Å². The van der Waals surface area contributed by atoms with Crippen LogP contribution in [0.5, 0.6) is 0 Å². The minimum Gasteiger partial charge on any atom is -0.476 e. The predicted octanol–water partition coefficient (Wildman–Crippen LogP) is 3.09. The molecule has 0 bridgehead atoms. The fourth-order valence-electron chi connectivity index (χ4n) is 1.46. The van der Waals surface area contributed by atoms with E-state index in [1.165, 1.54) is 11.1 Å². The van der Waals surface area contributed by atoms with Crippen LogP contribution < -0.4 is 4.90 Å². The number of carboxylic acids is 1. The lowest BCUT2D eigenvalue weighted by Crippen LogP contribution is -2.42. The van der Waals surface area contributed by atoms with Crippen LogP contribution in [0.4, 0.5) is 10.7 Å². The first-order valence-corrected chi connectivity index (χ1v) is 7.10. The number of halogens is 1. The average Bonchev–Trinajstić information content (AvgIpc) is 2.28. The second-order valence-electron chi connectivity index (χ2n) is 5.62. The molecule has 0 fully saturated rings. The van der Waals surface area contributed by atoms with E-state index in [4.69, 9.17) is 9.84 Å². The summed E-state index contributed by atoms with van der Waals surface area (Å²) < 4.78 is 5.54. The molecule has 0 atom stereocenters. The molecule has 0 unspecified atom stereocenters. The van der Waals surface area contributed by atoms with E-state index in [0.717, 1.165) is 0 Å². The largest absolute Gasteiger partial charge is 0.476 e. The Labute approximate surface area is 131 Å². The maximum absolute atomic E-state index is 12.2. The maximum atomic E-state index is 12.2. The standard InChI is InChI=1S/C13H18BrN3O4/c1-7(2)17(12(20)21-13(3,4)5)11-15-6-8(14)9(16-11)10(18)19/h6-7H,1-5H3,(H,18,19). The summed E-state index contributed by atoms with van der Waals surface area (Å²) in [5.41, 5.74) is -0.885. The molecule has 8 heteroatoms. The maximum Gasteiger partial charge on any atom is 0.417 e. The molecule has 0 aromatic carbocycles. The van der Waals surface area contributed by atoms with Crippen LogP contribution in [0.15, 0.2) is 10.7 Å². The third kappa shape index (κ3) is 4.66. The zero-order valence-corrected chi connectivity index (χ0v) is 14.1. The zero-order chi connectivity index (χ0) is 16.4. The number of aromatic carboxylic acids is 1. The molecule has 0 radical (unpaired) electrons. The van der Waals surface area contributed by atoms with Crippen LogP contribution in [0.25, 0.3) is 0 Å². The van der Waals surface area contributed by atoms with Crippen molar-refractivity contribution in [3.63, 3.8) is 0 Å². The summed E-state index contributed by atoms with van der Waals surface area (Å²) in [6.07, 6.45) is 0.669. The summed E-state index contributed by atoms with van der Waals surface area (Å²) in [6, 6.07) is -0.289. The fraction of sp³-hybridized carbons (Fsp3) is 0.538. The minimum atomic E-state index is -1.21. The molecule has 7 nitrogen and oxygen atoms in total. The highest BCUT2D eigenvalue weighted by molar-refractivity contribution is 9.10.